The lowest BCUT2D eigenvalue weighted by Gasteiger charge is -2.36. The van der Waals surface area contributed by atoms with Crippen molar-refractivity contribution in [3.8, 4) is 0 Å². The molecule has 0 spiro atoms. The highest BCUT2D eigenvalue weighted by atomic mass is 35.5. The zero-order valence-corrected chi connectivity index (χ0v) is 13.7. The molecule has 0 saturated carbocycles. The fourth-order valence-electron chi connectivity index (χ4n) is 3.73. The van der Waals surface area contributed by atoms with Crippen LogP contribution in [-0.2, 0) is 6.54 Å². The lowest BCUT2D eigenvalue weighted by Crippen LogP contribution is -2.44. The fourth-order valence-corrected chi connectivity index (χ4v) is 4.38. The second-order valence-corrected chi connectivity index (χ2v) is 7.34. The van der Waals surface area contributed by atoms with Crippen LogP contribution in [0.1, 0.15) is 25.1 Å². The Morgan fingerprint density at radius 3 is 2.80 bits per heavy atom. The van der Waals surface area contributed by atoms with Gasteiger partial charge < -0.3 is 5.32 Å². The van der Waals surface area contributed by atoms with Crippen LogP contribution in [0.5, 0.6) is 0 Å². The lowest BCUT2D eigenvalue weighted by molar-refractivity contribution is 0.132. The predicted molar refractivity (Wildman–Crippen MR) is 83.3 cm³/mol. The summed E-state index contributed by atoms with van der Waals surface area (Å²) in [7, 11) is 0. The van der Waals surface area contributed by atoms with Gasteiger partial charge in [0, 0.05) is 41.5 Å². The molecule has 2 fully saturated rings. The van der Waals surface area contributed by atoms with Crippen LogP contribution in [0, 0.1) is 18.8 Å². The Balaban J connectivity index is 1.85. The number of hydrogen-bond donors (Lipinski definition) is 1. The van der Waals surface area contributed by atoms with Crippen LogP contribution < -0.4 is 5.32 Å². The van der Waals surface area contributed by atoms with Gasteiger partial charge in [-0.2, -0.15) is 0 Å². The highest BCUT2D eigenvalue weighted by Gasteiger charge is 2.49. The highest BCUT2D eigenvalue weighted by Crippen LogP contribution is 2.42. The maximum Gasteiger partial charge on any atom is 0.135 e. The van der Waals surface area contributed by atoms with Gasteiger partial charge in [-0.3, -0.25) is 4.90 Å². The Kier molecular flexibility index (Phi) is 3.74. The topological polar surface area (TPSA) is 28.2 Å². The van der Waals surface area contributed by atoms with Gasteiger partial charge in [0.05, 0.1) is 0 Å². The van der Waals surface area contributed by atoms with Crippen molar-refractivity contribution in [1.82, 2.24) is 15.2 Å². The maximum absolute atomic E-state index is 6.36. The van der Waals surface area contributed by atoms with Crippen molar-refractivity contribution in [2.45, 2.75) is 32.9 Å². The average molecular weight is 314 g/mol. The molecule has 110 valence electrons. The van der Waals surface area contributed by atoms with E-state index in [1.165, 1.54) is 0 Å². The first-order valence-electron chi connectivity index (χ1n) is 7.17. The summed E-state index contributed by atoms with van der Waals surface area (Å²) in [6.07, 6.45) is 0. The molecule has 0 aliphatic carbocycles. The Morgan fingerprint density at radius 1 is 1.40 bits per heavy atom. The Morgan fingerprint density at radius 2 is 2.15 bits per heavy atom. The molecule has 1 aromatic rings. The average Bonchev–Trinajstić information content (AvgIpc) is 2.87. The van der Waals surface area contributed by atoms with Gasteiger partial charge in [-0.25, -0.2) is 4.98 Å². The molecule has 2 aliphatic heterocycles. The van der Waals surface area contributed by atoms with Gasteiger partial charge in [-0.05, 0) is 45.2 Å². The second kappa shape index (κ2) is 5.13. The van der Waals surface area contributed by atoms with E-state index in [9.17, 15) is 0 Å². The number of rotatable bonds is 2. The van der Waals surface area contributed by atoms with Crippen molar-refractivity contribution in [2.24, 2.45) is 11.8 Å². The van der Waals surface area contributed by atoms with Crippen LogP contribution in [0.25, 0.3) is 0 Å². The third-order valence-electron chi connectivity index (χ3n) is 5.01. The number of nitrogens with one attached hydrogen (secondary N) is 1. The number of halogens is 2. The van der Waals surface area contributed by atoms with Crippen LogP contribution in [0.2, 0.25) is 10.2 Å². The Bertz CT molecular complexity index is 507. The predicted octanol–water partition coefficient (Wildman–Crippen LogP) is 3.13. The third-order valence-corrected chi connectivity index (χ3v) is 5.66. The summed E-state index contributed by atoms with van der Waals surface area (Å²) in [6, 6.07) is 1.90. The van der Waals surface area contributed by atoms with E-state index < -0.39 is 0 Å². The number of pyridine rings is 1. The number of aryl methyl sites for hydroxylation is 1. The maximum atomic E-state index is 6.36. The zero-order valence-electron chi connectivity index (χ0n) is 12.2. The van der Waals surface area contributed by atoms with Gasteiger partial charge >= 0.3 is 0 Å². The minimum atomic E-state index is 0.172. The zero-order chi connectivity index (χ0) is 14.5. The molecule has 0 bridgehead atoms. The van der Waals surface area contributed by atoms with Crippen LogP contribution in [0.15, 0.2) is 6.07 Å². The van der Waals surface area contributed by atoms with Crippen molar-refractivity contribution < 1.29 is 0 Å². The monoisotopic (exact) mass is 313 g/mol. The van der Waals surface area contributed by atoms with Gasteiger partial charge in [-0.15, -0.1) is 0 Å². The van der Waals surface area contributed by atoms with Crippen molar-refractivity contribution >= 4 is 23.2 Å². The molecule has 2 aliphatic rings. The molecule has 3 heterocycles. The summed E-state index contributed by atoms with van der Waals surface area (Å²) in [5, 5.41) is 4.78. The number of fused-ring (bicyclic) bond motifs is 1. The quantitative estimate of drug-likeness (QED) is 0.850. The van der Waals surface area contributed by atoms with Crippen LogP contribution in [-0.4, -0.2) is 35.1 Å². The first kappa shape index (κ1) is 14.6. The SMILES string of the molecule is Cc1cc(Cl)c(CN2CC3CNCC3C2(C)C)c(Cl)n1. The first-order chi connectivity index (χ1) is 9.39. The normalized spacial score (nSPS) is 28.9. The molecule has 20 heavy (non-hydrogen) atoms. The molecule has 1 aromatic heterocycles. The van der Waals surface area contributed by atoms with E-state index in [1.807, 2.05) is 13.0 Å². The third kappa shape index (κ3) is 2.35. The lowest BCUT2D eigenvalue weighted by atomic mass is 9.85. The molecule has 3 rings (SSSR count). The van der Waals surface area contributed by atoms with Gasteiger partial charge in [0.1, 0.15) is 5.15 Å². The largest absolute Gasteiger partial charge is 0.316 e. The van der Waals surface area contributed by atoms with Gasteiger partial charge in [0.2, 0.25) is 0 Å². The van der Waals surface area contributed by atoms with E-state index in [4.69, 9.17) is 23.2 Å². The Hall–Kier alpha value is -0.350. The molecule has 0 amide bonds. The van der Waals surface area contributed by atoms with Crippen molar-refractivity contribution in [3.63, 3.8) is 0 Å². The van der Waals surface area contributed by atoms with Gasteiger partial charge in [0.15, 0.2) is 0 Å². The number of nitrogens with zero attached hydrogens (tertiary/aromatic N) is 2. The molecule has 5 heteroatoms. The summed E-state index contributed by atoms with van der Waals surface area (Å²) >= 11 is 12.7. The molecule has 1 N–H and O–H groups in total. The first-order valence-corrected chi connectivity index (χ1v) is 7.92. The molecular formula is C15H21Cl2N3. The molecule has 0 aromatic carbocycles. The number of likely N-dealkylation sites (tertiary alicyclic amines) is 1. The standard InChI is InChI=1S/C15H21Cl2N3/c1-9-4-13(16)11(14(17)19-9)8-20-7-10-5-18-6-12(10)15(20,2)3/h4,10,12,18H,5-8H2,1-3H3. The summed E-state index contributed by atoms with van der Waals surface area (Å²) in [4.78, 5) is 6.85. The molecule has 3 nitrogen and oxygen atoms in total. The summed E-state index contributed by atoms with van der Waals surface area (Å²) < 4.78 is 0. The van der Waals surface area contributed by atoms with E-state index in [0.717, 1.165) is 48.4 Å². The van der Waals surface area contributed by atoms with Crippen LogP contribution >= 0.6 is 23.2 Å². The highest BCUT2D eigenvalue weighted by molar-refractivity contribution is 6.35. The van der Waals surface area contributed by atoms with Crippen molar-refractivity contribution in [1.29, 1.82) is 0 Å². The molecular weight excluding hydrogens is 293 g/mol. The number of hydrogen-bond acceptors (Lipinski definition) is 3. The van der Waals surface area contributed by atoms with E-state index in [2.05, 4.69) is 29.0 Å². The fraction of sp³-hybridized carbons (Fsp3) is 0.667. The van der Waals surface area contributed by atoms with Gasteiger partial charge in [0.25, 0.3) is 0 Å². The summed E-state index contributed by atoms with van der Waals surface area (Å²) in [5.74, 6) is 1.44. The van der Waals surface area contributed by atoms with E-state index in [1.54, 1.807) is 0 Å². The number of aromatic nitrogens is 1. The Labute approximate surface area is 130 Å². The van der Waals surface area contributed by atoms with E-state index in [-0.39, 0.29) is 5.54 Å². The van der Waals surface area contributed by atoms with Gasteiger partial charge in [-0.1, -0.05) is 23.2 Å². The molecule has 2 saturated heterocycles. The van der Waals surface area contributed by atoms with E-state index in [0.29, 0.717) is 11.1 Å². The minimum Gasteiger partial charge on any atom is -0.316 e. The van der Waals surface area contributed by atoms with Crippen molar-refractivity contribution in [3.05, 3.63) is 27.5 Å². The summed E-state index contributed by atoms with van der Waals surface area (Å²) in [5.41, 5.74) is 2.00. The van der Waals surface area contributed by atoms with Crippen LogP contribution in [0.3, 0.4) is 0 Å². The van der Waals surface area contributed by atoms with Crippen LogP contribution in [0.4, 0.5) is 0 Å². The summed E-state index contributed by atoms with van der Waals surface area (Å²) in [6.45, 7) is 10.7. The van der Waals surface area contributed by atoms with E-state index >= 15 is 0 Å². The van der Waals surface area contributed by atoms with Crippen molar-refractivity contribution in [2.75, 3.05) is 19.6 Å². The molecule has 0 radical (unpaired) electrons. The molecule has 2 atom stereocenters. The second-order valence-electron chi connectivity index (χ2n) is 6.57. The smallest absolute Gasteiger partial charge is 0.135 e. The molecule has 2 unspecified atom stereocenters. The minimum absolute atomic E-state index is 0.172.